The quantitative estimate of drug-likeness (QED) is 0.504. The molecule has 0 bridgehead atoms. The van der Waals surface area contributed by atoms with Crippen LogP contribution in [-0.4, -0.2) is 48.4 Å². The number of hydrogen-bond acceptors (Lipinski definition) is 7. The number of anilines is 1. The molecule has 1 saturated heterocycles. The molecular weight excluding hydrogens is 484 g/mol. The van der Waals surface area contributed by atoms with E-state index in [-0.39, 0.29) is 23.3 Å². The smallest absolute Gasteiger partial charge is 0.244 e. The van der Waals surface area contributed by atoms with Crippen LogP contribution in [0.2, 0.25) is 0 Å². The van der Waals surface area contributed by atoms with Crippen molar-refractivity contribution in [1.82, 2.24) is 14.4 Å². The average molecular weight is 513 g/mol. The molecule has 1 unspecified atom stereocenters. The Kier molecular flexibility index (Phi) is 5.77. The standard InChI is InChI=1S/C25H28N4O4S2/c1-16-22(14-21(34-16)23-26-24(33-27-23)18-7-4-8-18)35(31,32)28-12-5-9-19(15-28)25(30)29-13-11-17-6-2-3-10-20(17)29/h2-3,6,10,14,18-19H,4-5,7-9,11-13,15H2,1H3. The molecule has 6 rings (SSSR count). The van der Waals surface area contributed by atoms with Gasteiger partial charge in [0.25, 0.3) is 0 Å². The number of amides is 1. The third-order valence-electron chi connectivity index (χ3n) is 7.49. The van der Waals surface area contributed by atoms with Gasteiger partial charge in [0.15, 0.2) is 0 Å². The number of fused-ring (bicyclic) bond motifs is 1. The first-order valence-corrected chi connectivity index (χ1v) is 14.5. The third-order valence-corrected chi connectivity index (χ3v) is 10.7. The highest BCUT2D eigenvalue weighted by Gasteiger charge is 2.38. The summed E-state index contributed by atoms with van der Waals surface area (Å²) in [7, 11) is -3.75. The van der Waals surface area contributed by atoms with Gasteiger partial charge in [0, 0.05) is 36.1 Å². The molecule has 0 N–H and O–H groups in total. The van der Waals surface area contributed by atoms with E-state index in [1.807, 2.05) is 30.0 Å². The molecule has 1 amide bonds. The SMILES string of the molecule is Cc1sc(-c2noc(C3CCC3)n2)cc1S(=O)(=O)N1CCCC(C(=O)N2CCc3ccccc32)C1. The Morgan fingerprint density at radius 2 is 1.97 bits per heavy atom. The first-order valence-electron chi connectivity index (χ1n) is 12.3. The second kappa shape index (κ2) is 8.83. The number of para-hydroxylation sites is 1. The van der Waals surface area contributed by atoms with E-state index in [2.05, 4.69) is 16.2 Å². The number of aryl methyl sites for hydroxylation is 1. The van der Waals surface area contributed by atoms with E-state index in [4.69, 9.17) is 4.52 Å². The van der Waals surface area contributed by atoms with Crippen molar-refractivity contribution in [2.24, 2.45) is 5.92 Å². The van der Waals surface area contributed by atoms with Crippen LogP contribution in [0.1, 0.15) is 54.4 Å². The fraction of sp³-hybridized carbons (Fsp3) is 0.480. The Morgan fingerprint density at radius 3 is 2.77 bits per heavy atom. The summed E-state index contributed by atoms with van der Waals surface area (Å²) in [5.74, 6) is 1.09. The average Bonchev–Trinajstić information content (AvgIpc) is 3.56. The molecule has 2 aromatic heterocycles. The molecule has 0 spiro atoms. The van der Waals surface area contributed by atoms with Crippen molar-refractivity contribution in [2.75, 3.05) is 24.5 Å². The molecule has 1 saturated carbocycles. The lowest BCUT2D eigenvalue weighted by molar-refractivity contribution is -0.123. The third kappa shape index (κ3) is 4.01. The van der Waals surface area contributed by atoms with Gasteiger partial charge in [-0.2, -0.15) is 9.29 Å². The monoisotopic (exact) mass is 512 g/mol. The van der Waals surface area contributed by atoms with Crippen LogP contribution in [-0.2, 0) is 21.2 Å². The predicted octanol–water partition coefficient (Wildman–Crippen LogP) is 4.36. The number of hydrogen-bond donors (Lipinski definition) is 0. The van der Waals surface area contributed by atoms with Crippen LogP contribution < -0.4 is 4.90 Å². The van der Waals surface area contributed by atoms with Crippen molar-refractivity contribution >= 4 is 33.0 Å². The molecule has 2 aliphatic heterocycles. The van der Waals surface area contributed by atoms with Gasteiger partial charge in [-0.05, 0) is 56.7 Å². The first-order chi connectivity index (χ1) is 16.9. The molecular formula is C25H28N4O4S2. The second-order valence-electron chi connectivity index (χ2n) is 9.69. The molecule has 1 atom stereocenters. The highest BCUT2D eigenvalue weighted by atomic mass is 32.2. The van der Waals surface area contributed by atoms with Gasteiger partial charge in [0.2, 0.25) is 27.6 Å². The minimum absolute atomic E-state index is 0.0212. The van der Waals surface area contributed by atoms with Gasteiger partial charge in [-0.1, -0.05) is 29.8 Å². The minimum Gasteiger partial charge on any atom is -0.339 e. The van der Waals surface area contributed by atoms with Gasteiger partial charge >= 0.3 is 0 Å². The van der Waals surface area contributed by atoms with Crippen molar-refractivity contribution in [1.29, 1.82) is 0 Å². The molecule has 10 heteroatoms. The fourth-order valence-corrected chi connectivity index (χ4v) is 8.29. The Labute approximate surface area is 209 Å². The van der Waals surface area contributed by atoms with Crippen molar-refractivity contribution < 1.29 is 17.7 Å². The van der Waals surface area contributed by atoms with E-state index in [1.165, 1.54) is 27.6 Å². The molecule has 0 radical (unpaired) electrons. The maximum Gasteiger partial charge on any atom is 0.244 e. The first kappa shape index (κ1) is 22.9. The molecule has 2 fully saturated rings. The lowest BCUT2D eigenvalue weighted by Crippen LogP contribution is -2.46. The predicted molar refractivity (Wildman–Crippen MR) is 133 cm³/mol. The van der Waals surface area contributed by atoms with Gasteiger partial charge in [-0.15, -0.1) is 11.3 Å². The van der Waals surface area contributed by atoms with E-state index in [1.54, 1.807) is 6.07 Å². The van der Waals surface area contributed by atoms with E-state index in [9.17, 15) is 13.2 Å². The van der Waals surface area contributed by atoms with Gasteiger partial charge in [-0.3, -0.25) is 4.79 Å². The highest BCUT2D eigenvalue weighted by molar-refractivity contribution is 7.89. The van der Waals surface area contributed by atoms with Gasteiger partial charge in [-0.25, -0.2) is 8.42 Å². The summed E-state index contributed by atoms with van der Waals surface area (Å²) in [4.78, 5) is 21.4. The van der Waals surface area contributed by atoms with Crippen molar-refractivity contribution in [3.8, 4) is 10.7 Å². The minimum atomic E-state index is -3.75. The zero-order chi connectivity index (χ0) is 24.2. The summed E-state index contributed by atoms with van der Waals surface area (Å²) in [5, 5.41) is 4.10. The molecule has 3 aromatic rings. The Balaban J connectivity index is 1.21. The van der Waals surface area contributed by atoms with E-state index >= 15 is 0 Å². The van der Waals surface area contributed by atoms with Gasteiger partial charge in [0.05, 0.1) is 15.7 Å². The van der Waals surface area contributed by atoms with E-state index in [0.717, 1.165) is 24.9 Å². The topological polar surface area (TPSA) is 96.6 Å². The molecule has 8 nitrogen and oxygen atoms in total. The van der Waals surface area contributed by atoms with Crippen molar-refractivity contribution in [2.45, 2.75) is 56.3 Å². The summed E-state index contributed by atoms with van der Waals surface area (Å²) < 4.78 is 34.2. The summed E-state index contributed by atoms with van der Waals surface area (Å²) in [5.41, 5.74) is 2.13. The van der Waals surface area contributed by atoms with Gasteiger partial charge < -0.3 is 9.42 Å². The lowest BCUT2D eigenvalue weighted by atomic mass is 9.85. The molecule has 3 aliphatic rings. The van der Waals surface area contributed by atoms with Gasteiger partial charge in [0.1, 0.15) is 0 Å². The number of thiophene rings is 1. The number of carbonyl (C=O) groups excluding carboxylic acids is 1. The lowest BCUT2D eigenvalue weighted by Gasteiger charge is -2.33. The van der Waals surface area contributed by atoms with Crippen LogP contribution in [0.4, 0.5) is 5.69 Å². The van der Waals surface area contributed by atoms with E-state index < -0.39 is 10.0 Å². The number of nitrogens with zero attached hydrogens (tertiary/aromatic N) is 4. The molecule has 1 aliphatic carbocycles. The Morgan fingerprint density at radius 1 is 1.14 bits per heavy atom. The van der Waals surface area contributed by atoms with Crippen LogP contribution in [0.3, 0.4) is 0 Å². The summed E-state index contributed by atoms with van der Waals surface area (Å²) in [6.45, 7) is 3.09. The molecule has 35 heavy (non-hydrogen) atoms. The Bertz CT molecular complexity index is 1380. The molecule has 184 valence electrons. The van der Waals surface area contributed by atoms with Crippen molar-refractivity contribution in [3.63, 3.8) is 0 Å². The van der Waals surface area contributed by atoms with Crippen LogP contribution in [0, 0.1) is 12.8 Å². The normalized spacial score (nSPS) is 21.2. The number of aromatic nitrogens is 2. The zero-order valence-electron chi connectivity index (χ0n) is 19.6. The zero-order valence-corrected chi connectivity index (χ0v) is 21.3. The maximum absolute atomic E-state index is 13.7. The largest absolute Gasteiger partial charge is 0.339 e. The number of rotatable bonds is 5. The van der Waals surface area contributed by atoms with Crippen LogP contribution >= 0.6 is 11.3 Å². The van der Waals surface area contributed by atoms with Crippen molar-refractivity contribution in [3.05, 3.63) is 46.7 Å². The number of benzene rings is 1. The summed E-state index contributed by atoms with van der Waals surface area (Å²) in [6.07, 6.45) is 5.49. The summed E-state index contributed by atoms with van der Waals surface area (Å²) in [6, 6.07) is 9.62. The Hall–Kier alpha value is -2.56. The number of piperidine rings is 1. The maximum atomic E-state index is 13.7. The van der Waals surface area contributed by atoms with Crippen LogP contribution in [0.15, 0.2) is 39.8 Å². The van der Waals surface area contributed by atoms with E-state index in [0.29, 0.717) is 53.3 Å². The number of sulfonamides is 1. The fourth-order valence-electron chi connectivity index (χ4n) is 5.28. The summed E-state index contributed by atoms with van der Waals surface area (Å²) >= 11 is 1.36. The number of carbonyl (C=O) groups is 1. The van der Waals surface area contributed by atoms with Crippen LogP contribution in [0.5, 0.6) is 0 Å². The molecule has 1 aromatic carbocycles. The van der Waals surface area contributed by atoms with Crippen LogP contribution in [0.25, 0.3) is 10.7 Å². The molecule has 4 heterocycles. The second-order valence-corrected chi connectivity index (χ2v) is 12.8. The highest BCUT2D eigenvalue weighted by Crippen LogP contribution is 2.39.